The summed E-state index contributed by atoms with van der Waals surface area (Å²) in [5.74, 6) is 7.34. The Bertz CT molecular complexity index is 276. The van der Waals surface area contributed by atoms with Gasteiger partial charge in [0.15, 0.2) is 0 Å². The Morgan fingerprint density at radius 1 is 1.39 bits per heavy atom. The van der Waals surface area contributed by atoms with Crippen LogP contribution >= 0.6 is 0 Å². The Hall–Kier alpha value is -0.520. The highest BCUT2D eigenvalue weighted by atomic mass is 16.5. The summed E-state index contributed by atoms with van der Waals surface area (Å²) in [4.78, 5) is 0. The van der Waals surface area contributed by atoms with Crippen molar-refractivity contribution < 1.29 is 4.74 Å². The van der Waals surface area contributed by atoms with E-state index in [4.69, 9.17) is 4.74 Å². The summed E-state index contributed by atoms with van der Waals surface area (Å²) in [7, 11) is 0. The van der Waals surface area contributed by atoms with E-state index in [0.29, 0.717) is 12.0 Å². The van der Waals surface area contributed by atoms with Crippen LogP contribution < -0.4 is 5.32 Å². The van der Waals surface area contributed by atoms with Crippen LogP contribution in [0.15, 0.2) is 0 Å². The zero-order chi connectivity index (χ0) is 13.4. The maximum absolute atomic E-state index is 5.60. The van der Waals surface area contributed by atoms with Crippen LogP contribution in [-0.4, -0.2) is 25.8 Å². The molecular formula is C16H29NO. The van der Waals surface area contributed by atoms with Gasteiger partial charge < -0.3 is 10.1 Å². The molecule has 0 aromatic heterocycles. The maximum atomic E-state index is 5.60. The number of nitrogens with one attached hydrogen (secondary N) is 1. The monoisotopic (exact) mass is 251 g/mol. The smallest absolute Gasteiger partial charge is 0.0509 e. The molecule has 0 saturated carbocycles. The van der Waals surface area contributed by atoms with Crippen molar-refractivity contribution >= 4 is 0 Å². The van der Waals surface area contributed by atoms with Gasteiger partial charge >= 0.3 is 0 Å². The molecule has 0 aromatic carbocycles. The average molecular weight is 251 g/mol. The lowest BCUT2D eigenvalue weighted by Crippen LogP contribution is -2.40. The first-order chi connectivity index (χ1) is 8.53. The molecule has 2 atom stereocenters. The van der Waals surface area contributed by atoms with E-state index in [1.165, 1.54) is 19.3 Å². The normalized spacial score (nSPS) is 22.1. The van der Waals surface area contributed by atoms with Crippen LogP contribution in [0.25, 0.3) is 0 Å². The quantitative estimate of drug-likeness (QED) is 0.758. The fraction of sp³-hybridized carbons (Fsp3) is 0.875. The molecule has 18 heavy (non-hydrogen) atoms. The second-order valence-corrected chi connectivity index (χ2v) is 6.29. The first-order valence-corrected chi connectivity index (χ1v) is 7.34. The van der Waals surface area contributed by atoms with Crippen LogP contribution in [0.3, 0.4) is 0 Å². The van der Waals surface area contributed by atoms with Crippen LogP contribution in [0.1, 0.15) is 53.4 Å². The highest BCUT2D eigenvalue weighted by molar-refractivity contribution is 5.09. The van der Waals surface area contributed by atoms with Crippen molar-refractivity contribution in [2.24, 2.45) is 11.3 Å². The average Bonchev–Trinajstić information content (AvgIpc) is 2.33. The molecule has 1 N–H and O–H groups in total. The minimum absolute atomic E-state index is 0.109. The second-order valence-electron chi connectivity index (χ2n) is 6.29. The minimum atomic E-state index is 0.109. The lowest BCUT2D eigenvalue weighted by atomic mass is 9.90. The molecule has 2 heteroatoms. The predicted molar refractivity (Wildman–Crippen MR) is 77.5 cm³/mol. The Labute approximate surface area is 113 Å². The largest absolute Gasteiger partial charge is 0.381 e. The molecule has 2 nitrogen and oxygen atoms in total. The maximum Gasteiger partial charge on any atom is 0.0509 e. The molecule has 0 aromatic rings. The molecule has 0 radical (unpaired) electrons. The molecule has 1 saturated heterocycles. The Balaban J connectivity index is 2.50. The number of ether oxygens (including phenoxy) is 1. The molecule has 1 fully saturated rings. The SMILES string of the molecule is CCCNC(CC#CC(C)(C)C)C1CCCOC1. The highest BCUT2D eigenvalue weighted by Crippen LogP contribution is 2.20. The predicted octanol–water partition coefficient (Wildman–Crippen LogP) is 3.22. The second kappa shape index (κ2) is 7.81. The topological polar surface area (TPSA) is 21.3 Å². The zero-order valence-corrected chi connectivity index (χ0v) is 12.5. The van der Waals surface area contributed by atoms with E-state index in [9.17, 15) is 0 Å². The van der Waals surface area contributed by atoms with Crippen LogP contribution in [0, 0.1) is 23.2 Å². The van der Waals surface area contributed by atoms with E-state index in [1.54, 1.807) is 0 Å². The van der Waals surface area contributed by atoms with Crippen molar-refractivity contribution in [1.82, 2.24) is 5.32 Å². The van der Waals surface area contributed by atoms with Crippen molar-refractivity contribution in [3.8, 4) is 11.8 Å². The summed E-state index contributed by atoms with van der Waals surface area (Å²) >= 11 is 0. The van der Waals surface area contributed by atoms with Gasteiger partial charge in [0.05, 0.1) is 6.61 Å². The van der Waals surface area contributed by atoms with E-state index in [1.807, 2.05) is 0 Å². The van der Waals surface area contributed by atoms with Gasteiger partial charge in [-0.2, -0.15) is 0 Å². The van der Waals surface area contributed by atoms with Crippen molar-refractivity contribution in [3.63, 3.8) is 0 Å². The first-order valence-electron chi connectivity index (χ1n) is 7.34. The van der Waals surface area contributed by atoms with Gasteiger partial charge in [-0.15, -0.1) is 5.92 Å². The standard InChI is InChI=1S/C16H29NO/c1-5-11-17-15(9-6-10-16(2,3)4)14-8-7-12-18-13-14/h14-15,17H,5,7-9,11-13H2,1-4H3. The Kier molecular flexibility index (Phi) is 6.75. The van der Waals surface area contributed by atoms with Gasteiger partial charge in [0.1, 0.15) is 0 Å². The number of hydrogen-bond donors (Lipinski definition) is 1. The van der Waals surface area contributed by atoms with Gasteiger partial charge in [0.2, 0.25) is 0 Å². The summed E-state index contributed by atoms with van der Waals surface area (Å²) in [5, 5.41) is 3.64. The fourth-order valence-electron chi connectivity index (χ4n) is 2.24. The van der Waals surface area contributed by atoms with Gasteiger partial charge in [-0.3, -0.25) is 0 Å². The molecule has 1 aliphatic rings. The number of hydrogen-bond acceptors (Lipinski definition) is 2. The van der Waals surface area contributed by atoms with Crippen molar-refractivity contribution in [3.05, 3.63) is 0 Å². The Morgan fingerprint density at radius 3 is 2.72 bits per heavy atom. The third-order valence-corrected chi connectivity index (χ3v) is 3.21. The zero-order valence-electron chi connectivity index (χ0n) is 12.5. The van der Waals surface area contributed by atoms with Gasteiger partial charge in [-0.1, -0.05) is 12.8 Å². The van der Waals surface area contributed by atoms with E-state index >= 15 is 0 Å². The van der Waals surface area contributed by atoms with E-state index in [-0.39, 0.29) is 5.41 Å². The molecule has 0 amide bonds. The van der Waals surface area contributed by atoms with Gasteiger partial charge in [-0.25, -0.2) is 0 Å². The molecule has 104 valence electrons. The molecule has 1 heterocycles. The third-order valence-electron chi connectivity index (χ3n) is 3.21. The number of rotatable bonds is 5. The van der Waals surface area contributed by atoms with Crippen LogP contribution in [0.4, 0.5) is 0 Å². The summed E-state index contributed by atoms with van der Waals surface area (Å²) in [6.45, 7) is 11.6. The lowest BCUT2D eigenvalue weighted by molar-refractivity contribution is 0.0400. The Morgan fingerprint density at radius 2 is 2.17 bits per heavy atom. The summed E-state index contributed by atoms with van der Waals surface area (Å²) in [5.41, 5.74) is 0.109. The molecule has 2 unspecified atom stereocenters. The summed E-state index contributed by atoms with van der Waals surface area (Å²) < 4.78 is 5.60. The molecule has 1 rings (SSSR count). The van der Waals surface area contributed by atoms with Crippen molar-refractivity contribution in [2.75, 3.05) is 19.8 Å². The first kappa shape index (κ1) is 15.5. The summed E-state index contributed by atoms with van der Waals surface area (Å²) in [6.07, 6.45) is 4.60. The molecule has 0 aliphatic carbocycles. The third kappa shape index (κ3) is 6.42. The molecular weight excluding hydrogens is 222 g/mol. The molecule has 0 bridgehead atoms. The van der Waals surface area contributed by atoms with Gasteiger partial charge in [0.25, 0.3) is 0 Å². The summed E-state index contributed by atoms with van der Waals surface area (Å²) in [6, 6.07) is 0.500. The molecule has 0 spiro atoms. The van der Waals surface area contributed by atoms with Crippen LogP contribution in [0.2, 0.25) is 0 Å². The lowest BCUT2D eigenvalue weighted by Gasteiger charge is -2.30. The van der Waals surface area contributed by atoms with E-state index in [0.717, 1.165) is 26.2 Å². The van der Waals surface area contributed by atoms with Gasteiger partial charge in [-0.05, 0) is 52.5 Å². The van der Waals surface area contributed by atoms with E-state index < -0.39 is 0 Å². The van der Waals surface area contributed by atoms with Crippen molar-refractivity contribution in [1.29, 1.82) is 0 Å². The fourth-order valence-corrected chi connectivity index (χ4v) is 2.24. The van der Waals surface area contributed by atoms with Crippen molar-refractivity contribution in [2.45, 2.75) is 59.4 Å². The van der Waals surface area contributed by atoms with Gasteiger partial charge in [0, 0.05) is 24.5 Å². The highest BCUT2D eigenvalue weighted by Gasteiger charge is 2.22. The van der Waals surface area contributed by atoms with Crippen LogP contribution in [0.5, 0.6) is 0 Å². The van der Waals surface area contributed by atoms with Crippen LogP contribution in [-0.2, 0) is 4.74 Å². The van der Waals surface area contributed by atoms with E-state index in [2.05, 4.69) is 44.9 Å². The minimum Gasteiger partial charge on any atom is -0.381 e. The molecule has 1 aliphatic heterocycles.